The normalized spacial score (nSPS) is 20.6. The molecule has 5 nitrogen and oxygen atoms in total. The van der Waals surface area contributed by atoms with Crippen LogP contribution in [0.4, 0.5) is 0 Å². The molecule has 0 bridgehead atoms. The maximum absolute atomic E-state index is 11.0. The lowest BCUT2D eigenvalue weighted by Crippen LogP contribution is -2.40. The first-order valence-corrected chi connectivity index (χ1v) is 6.20. The van der Waals surface area contributed by atoms with Gasteiger partial charge in [0.2, 0.25) is 0 Å². The zero-order valence-electron chi connectivity index (χ0n) is 10.5. The van der Waals surface area contributed by atoms with E-state index in [1.807, 2.05) is 0 Å². The van der Waals surface area contributed by atoms with Crippen LogP contribution in [0, 0.1) is 0 Å². The summed E-state index contributed by atoms with van der Waals surface area (Å²) in [5, 5.41) is 9.00. The van der Waals surface area contributed by atoms with Crippen LogP contribution < -0.4 is 4.74 Å². The minimum absolute atomic E-state index is 0.0176. The molecule has 1 fully saturated rings. The number of piperidine rings is 1. The summed E-state index contributed by atoms with van der Waals surface area (Å²) in [5.74, 6) is -0.702. The van der Waals surface area contributed by atoms with Crippen LogP contribution in [0.3, 0.4) is 0 Å². The van der Waals surface area contributed by atoms with Crippen LogP contribution >= 0.6 is 0 Å². The van der Waals surface area contributed by atoms with Crippen LogP contribution in [-0.4, -0.2) is 47.2 Å². The largest absolute Gasteiger partial charge is 0.489 e. The Kier molecular flexibility index (Phi) is 4.15. The van der Waals surface area contributed by atoms with Crippen molar-refractivity contribution in [1.29, 1.82) is 0 Å². The van der Waals surface area contributed by atoms with E-state index in [4.69, 9.17) is 9.84 Å². The number of likely N-dealkylation sites (tertiary alicyclic amines) is 1. The molecule has 1 saturated heterocycles. The highest BCUT2D eigenvalue weighted by atomic mass is 16.5. The average Bonchev–Trinajstić information content (AvgIpc) is 2.38. The maximum atomic E-state index is 11.0. The van der Waals surface area contributed by atoms with Crippen molar-refractivity contribution in [3.63, 3.8) is 0 Å². The molecule has 1 atom stereocenters. The Balaban J connectivity index is 1.99. The zero-order chi connectivity index (χ0) is 13.0. The molecule has 2 rings (SSSR count). The molecule has 0 saturated carbocycles. The highest BCUT2D eigenvalue weighted by Gasteiger charge is 2.20. The summed E-state index contributed by atoms with van der Waals surface area (Å²) in [5.41, 5.74) is -0.0176. The van der Waals surface area contributed by atoms with E-state index in [0.29, 0.717) is 18.4 Å². The number of carboxylic acid groups (broad SMARTS) is 1. The second kappa shape index (κ2) is 5.82. The molecule has 1 N–H and O–H groups in total. The highest BCUT2D eigenvalue weighted by molar-refractivity contribution is 5.88. The molecule has 2 heterocycles. The minimum Gasteiger partial charge on any atom is -0.489 e. The molecule has 1 aromatic heterocycles. The first-order chi connectivity index (χ1) is 8.68. The molecule has 0 aliphatic carbocycles. The number of ether oxygens (including phenoxy) is 1. The van der Waals surface area contributed by atoms with Gasteiger partial charge in [0.15, 0.2) is 11.4 Å². The van der Waals surface area contributed by atoms with Crippen molar-refractivity contribution in [2.45, 2.75) is 25.3 Å². The predicted octanol–water partition coefficient (Wildman–Crippen LogP) is 1.64. The Morgan fingerprint density at radius 2 is 2.44 bits per heavy atom. The molecule has 0 radical (unpaired) electrons. The number of hydrogen-bond donors (Lipinski definition) is 1. The summed E-state index contributed by atoms with van der Waals surface area (Å²) in [7, 11) is 2.08. The molecule has 18 heavy (non-hydrogen) atoms. The summed E-state index contributed by atoms with van der Waals surface area (Å²) in [6, 6.07) is 3.70. The van der Waals surface area contributed by atoms with E-state index in [0.717, 1.165) is 13.0 Å². The van der Waals surface area contributed by atoms with Crippen LogP contribution in [0.25, 0.3) is 0 Å². The number of carboxylic acids is 1. The summed E-state index contributed by atoms with van der Waals surface area (Å²) in [6.45, 7) is 1.59. The fraction of sp³-hybridized carbons (Fsp3) is 0.538. The summed E-state index contributed by atoms with van der Waals surface area (Å²) in [6.07, 6.45) is 4.99. The number of likely N-dealkylation sites (N-methyl/N-ethyl adjacent to an activating group) is 1. The van der Waals surface area contributed by atoms with E-state index in [9.17, 15) is 4.79 Å². The van der Waals surface area contributed by atoms with Crippen molar-refractivity contribution in [1.82, 2.24) is 9.88 Å². The number of carbonyl (C=O) groups is 1. The van der Waals surface area contributed by atoms with Crippen LogP contribution in [0.5, 0.6) is 5.75 Å². The van der Waals surface area contributed by atoms with Crippen LogP contribution in [0.2, 0.25) is 0 Å². The minimum atomic E-state index is -1.05. The van der Waals surface area contributed by atoms with Crippen molar-refractivity contribution >= 4 is 5.97 Å². The summed E-state index contributed by atoms with van der Waals surface area (Å²) >= 11 is 0. The van der Waals surface area contributed by atoms with E-state index in [1.165, 1.54) is 19.0 Å². The fourth-order valence-electron chi connectivity index (χ4n) is 2.21. The lowest BCUT2D eigenvalue weighted by atomic mass is 10.0. The van der Waals surface area contributed by atoms with Crippen molar-refractivity contribution in [2.75, 3.05) is 20.2 Å². The number of pyridine rings is 1. The monoisotopic (exact) mass is 250 g/mol. The molecule has 0 spiro atoms. The Morgan fingerprint density at radius 1 is 1.61 bits per heavy atom. The molecule has 1 aliphatic rings. The quantitative estimate of drug-likeness (QED) is 0.880. The van der Waals surface area contributed by atoms with Gasteiger partial charge in [-0.2, -0.15) is 0 Å². The van der Waals surface area contributed by atoms with Crippen LogP contribution in [0.15, 0.2) is 18.3 Å². The van der Waals surface area contributed by atoms with Gasteiger partial charge in [0.25, 0.3) is 0 Å². The number of aromatic nitrogens is 1. The molecule has 1 unspecified atom stereocenters. The number of hydrogen-bond acceptors (Lipinski definition) is 4. The Hall–Kier alpha value is -1.62. The average molecular weight is 250 g/mol. The third-order valence-electron chi connectivity index (χ3n) is 3.33. The van der Waals surface area contributed by atoms with Crippen molar-refractivity contribution < 1.29 is 14.6 Å². The van der Waals surface area contributed by atoms with Crippen LogP contribution in [0.1, 0.15) is 29.8 Å². The van der Waals surface area contributed by atoms with E-state index in [-0.39, 0.29) is 5.69 Å². The topological polar surface area (TPSA) is 62.7 Å². The van der Waals surface area contributed by atoms with Gasteiger partial charge < -0.3 is 14.7 Å². The van der Waals surface area contributed by atoms with Gasteiger partial charge in [-0.3, -0.25) is 0 Å². The molecule has 0 amide bonds. The van der Waals surface area contributed by atoms with Gasteiger partial charge in [-0.1, -0.05) is 6.42 Å². The van der Waals surface area contributed by atoms with E-state index >= 15 is 0 Å². The Bertz CT molecular complexity index is 422. The SMILES string of the molecule is CN1CCCCC1COc1cccnc1C(=O)O. The van der Waals surface area contributed by atoms with Crippen LogP contribution in [-0.2, 0) is 0 Å². The Morgan fingerprint density at radius 3 is 3.17 bits per heavy atom. The second-order valence-electron chi connectivity index (χ2n) is 4.60. The van der Waals surface area contributed by atoms with Gasteiger partial charge >= 0.3 is 5.97 Å². The highest BCUT2D eigenvalue weighted by Crippen LogP contribution is 2.19. The fourth-order valence-corrected chi connectivity index (χ4v) is 2.21. The smallest absolute Gasteiger partial charge is 0.358 e. The second-order valence-corrected chi connectivity index (χ2v) is 4.60. The zero-order valence-corrected chi connectivity index (χ0v) is 10.5. The van der Waals surface area contributed by atoms with Crippen molar-refractivity contribution in [2.24, 2.45) is 0 Å². The van der Waals surface area contributed by atoms with Gasteiger partial charge in [-0.05, 0) is 38.6 Å². The molecule has 98 valence electrons. The third kappa shape index (κ3) is 2.98. The number of nitrogens with zero attached hydrogens (tertiary/aromatic N) is 2. The third-order valence-corrected chi connectivity index (χ3v) is 3.33. The van der Waals surface area contributed by atoms with E-state index < -0.39 is 5.97 Å². The molecular formula is C13H18N2O3. The lowest BCUT2D eigenvalue weighted by Gasteiger charge is -2.32. The molecule has 1 aromatic rings. The first kappa shape index (κ1) is 12.8. The summed E-state index contributed by atoms with van der Waals surface area (Å²) in [4.78, 5) is 17.1. The summed E-state index contributed by atoms with van der Waals surface area (Å²) < 4.78 is 5.62. The van der Waals surface area contributed by atoms with Crippen molar-refractivity contribution in [3.8, 4) is 5.75 Å². The molecule has 1 aliphatic heterocycles. The number of rotatable bonds is 4. The molecule has 5 heteroatoms. The van der Waals surface area contributed by atoms with Gasteiger partial charge in [0.1, 0.15) is 6.61 Å². The lowest BCUT2D eigenvalue weighted by molar-refractivity contribution is 0.0680. The van der Waals surface area contributed by atoms with E-state index in [2.05, 4.69) is 16.9 Å². The van der Waals surface area contributed by atoms with Gasteiger partial charge in [0.05, 0.1) is 0 Å². The maximum Gasteiger partial charge on any atom is 0.358 e. The van der Waals surface area contributed by atoms with Gasteiger partial charge in [-0.15, -0.1) is 0 Å². The van der Waals surface area contributed by atoms with Gasteiger partial charge in [0, 0.05) is 12.2 Å². The standard InChI is InChI=1S/C13H18N2O3/c1-15-8-3-2-5-10(15)9-18-11-6-4-7-14-12(11)13(16)17/h4,6-7,10H,2-3,5,8-9H2,1H3,(H,16,17). The predicted molar refractivity (Wildman–Crippen MR) is 67.0 cm³/mol. The molecular weight excluding hydrogens is 232 g/mol. The van der Waals surface area contributed by atoms with Gasteiger partial charge in [-0.25, -0.2) is 9.78 Å². The van der Waals surface area contributed by atoms with E-state index in [1.54, 1.807) is 12.1 Å². The molecule has 0 aromatic carbocycles. The van der Waals surface area contributed by atoms with Crippen molar-refractivity contribution in [3.05, 3.63) is 24.0 Å². The number of aromatic carboxylic acids is 1. The first-order valence-electron chi connectivity index (χ1n) is 6.20. The Labute approximate surface area is 106 Å².